The normalized spacial score (nSPS) is 21.1. The molecule has 32 heavy (non-hydrogen) atoms. The van der Waals surface area contributed by atoms with E-state index < -0.39 is 5.41 Å². The predicted octanol–water partition coefficient (Wildman–Crippen LogP) is 5.31. The molecule has 0 aliphatic heterocycles. The first-order valence-corrected chi connectivity index (χ1v) is 11.9. The molecular formula is C27H36N4O. The first kappa shape index (κ1) is 22.5. The van der Waals surface area contributed by atoms with E-state index in [9.17, 15) is 4.79 Å². The SMILES string of the molecule is Cc1cc(-c2[nH]c3ccc(C(C)(C[C@H]4CCCC[C@H]4N)C(N)=O)cc3c2C(C)C)ccn1. The van der Waals surface area contributed by atoms with Crippen molar-refractivity contribution in [2.75, 3.05) is 0 Å². The van der Waals surface area contributed by atoms with Gasteiger partial charge >= 0.3 is 0 Å². The van der Waals surface area contributed by atoms with E-state index >= 15 is 0 Å². The third-order valence-corrected chi connectivity index (χ3v) is 7.42. The third kappa shape index (κ3) is 4.06. The largest absolute Gasteiger partial charge is 0.369 e. The molecule has 1 aromatic carbocycles. The Hall–Kier alpha value is -2.66. The van der Waals surface area contributed by atoms with Crippen LogP contribution in [0.15, 0.2) is 36.5 Å². The van der Waals surface area contributed by atoms with Crippen molar-refractivity contribution in [3.63, 3.8) is 0 Å². The number of hydrogen-bond acceptors (Lipinski definition) is 3. The lowest BCUT2D eigenvalue weighted by Gasteiger charge is -2.36. The number of rotatable bonds is 6. The van der Waals surface area contributed by atoms with Gasteiger partial charge in [-0.1, -0.05) is 32.8 Å². The minimum atomic E-state index is -0.743. The maximum absolute atomic E-state index is 12.8. The number of nitrogens with zero attached hydrogens (tertiary/aromatic N) is 1. The topological polar surface area (TPSA) is 97.8 Å². The molecule has 2 aromatic heterocycles. The van der Waals surface area contributed by atoms with Crippen LogP contribution >= 0.6 is 0 Å². The van der Waals surface area contributed by atoms with E-state index in [4.69, 9.17) is 11.5 Å². The summed E-state index contributed by atoms with van der Waals surface area (Å²) in [6, 6.07) is 10.6. The molecule has 1 fully saturated rings. The standard InChI is InChI=1S/C27H36N4O/c1-16(2)24-21-14-20(27(4,26(29)32)15-19-7-5-6-8-22(19)28)9-10-23(21)31-25(24)18-11-12-30-17(3)13-18/h9-14,16,19,22,31H,5-8,15,28H2,1-4H3,(H2,29,32)/t19-,22-,27?/m1/s1. The number of carbonyl (C=O) groups excluding carboxylic acids is 1. The van der Waals surface area contributed by atoms with Crippen LogP contribution in [0, 0.1) is 12.8 Å². The lowest BCUT2D eigenvalue weighted by molar-refractivity contribution is -0.123. The molecule has 1 unspecified atom stereocenters. The van der Waals surface area contributed by atoms with Crippen molar-refractivity contribution < 1.29 is 4.79 Å². The van der Waals surface area contributed by atoms with Crippen LogP contribution in [0.3, 0.4) is 0 Å². The summed E-state index contributed by atoms with van der Waals surface area (Å²) in [4.78, 5) is 20.8. The molecule has 5 N–H and O–H groups in total. The number of H-pyrrole nitrogens is 1. The molecular weight excluding hydrogens is 396 g/mol. The maximum Gasteiger partial charge on any atom is 0.227 e. The van der Waals surface area contributed by atoms with Gasteiger partial charge in [-0.3, -0.25) is 9.78 Å². The number of fused-ring (bicyclic) bond motifs is 1. The first-order chi connectivity index (χ1) is 15.2. The fraction of sp³-hybridized carbons (Fsp3) is 0.481. The van der Waals surface area contributed by atoms with Gasteiger partial charge in [-0.2, -0.15) is 0 Å². The summed E-state index contributed by atoms with van der Waals surface area (Å²) in [5, 5.41) is 1.15. The van der Waals surface area contributed by atoms with Crippen LogP contribution in [-0.4, -0.2) is 21.9 Å². The summed E-state index contributed by atoms with van der Waals surface area (Å²) >= 11 is 0. The van der Waals surface area contributed by atoms with Gasteiger partial charge in [-0.25, -0.2) is 0 Å². The molecule has 5 nitrogen and oxygen atoms in total. The lowest BCUT2D eigenvalue weighted by Crippen LogP contribution is -2.44. The minimum absolute atomic E-state index is 0.145. The van der Waals surface area contributed by atoms with Crippen molar-refractivity contribution in [2.24, 2.45) is 17.4 Å². The van der Waals surface area contributed by atoms with E-state index in [1.54, 1.807) is 0 Å². The summed E-state index contributed by atoms with van der Waals surface area (Å²) < 4.78 is 0. The van der Waals surface area contributed by atoms with E-state index in [-0.39, 0.29) is 11.9 Å². The van der Waals surface area contributed by atoms with Gasteiger partial charge in [0.05, 0.1) is 11.1 Å². The van der Waals surface area contributed by atoms with Crippen molar-refractivity contribution in [1.29, 1.82) is 0 Å². The maximum atomic E-state index is 12.8. The number of carbonyl (C=O) groups is 1. The highest BCUT2D eigenvalue weighted by molar-refractivity contribution is 5.94. The van der Waals surface area contributed by atoms with Gasteiger partial charge in [0.15, 0.2) is 0 Å². The Bertz CT molecular complexity index is 1130. The molecule has 170 valence electrons. The number of hydrogen-bond donors (Lipinski definition) is 3. The number of aromatic nitrogens is 2. The zero-order valence-electron chi connectivity index (χ0n) is 19.7. The molecule has 1 aliphatic carbocycles. The average molecular weight is 433 g/mol. The van der Waals surface area contributed by atoms with E-state index in [1.165, 1.54) is 18.4 Å². The van der Waals surface area contributed by atoms with Crippen LogP contribution in [0.4, 0.5) is 0 Å². The number of aryl methyl sites for hydroxylation is 1. The monoisotopic (exact) mass is 432 g/mol. The molecule has 3 aromatic rings. The molecule has 4 rings (SSSR count). The second-order valence-electron chi connectivity index (χ2n) is 10.1. The Morgan fingerprint density at radius 3 is 2.62 bits per heavy atom. The van der Waals surface area contributed by atoms with Crippen molar-refractivity contribution in [3.05, 3.63) is 53.3 Å². The number of nitrogens with one attached hydrogen (secondary N) is 1. The summed E-state index contributed by atoms with van der Waals surface area (Å²) in [5.74, 6) is 0.360. The van der Waals surface area contributed by atoms with Gasteiger partial charge in [-0.15, -0.1) is 0 Å². The highest BCUT2D eigenvalue weighted by atomic mass is 16.1. The zero-order chi connectivity index (χ0) is 23.0. The predicted molar refractivity (Wildman–Crippen MR) is 131 cm³/mol. The van der Waals surface area contributed by atoms with E-state index in [0.29, 0.717) is 18.3 Å². The van der Waals surface area contributed by atoms with E-state index in [2.05, 4.69) is 48.1 Å². The number of aromatic amines is 1. The highest BCUT2D eigenvalue weighted by Gasteiger charge is 2.38. The van der Waals surface area contributed by atoms with Crippen molar-refractivity contribution in [3.8, 4) is 11.3 Å². The minimum Gasteiger partial charge on any atom is -0.369 e. The second kappa shape index (κ2) is 8.70. The third-order valence-electron chi connectivity index (χ3n) is 7.42. The van der Waals surface area contributed by atoms with Gasteiger partial charge in [0.1, 0.15) is 0 Å². The van der Waals surface area contributed by atoms with Crippen molar-refractivity contribution in [1.82, 2.24) is 9.97 Å². The summed E-state index contributed by atoms with van der Waals surface area (Å²) in [6.45, 7) is 8.42. The molecule has 0 radical (unpaired) electrons. The quantitative estimate of drug-likeness (QED) is 0.492. The Morgan fingerprint density at radius 2 is 1.97 bits per heavy atom. The molecule has 0 spiro atoms. The summed E-state index contributed by atoms with van der Waals surface area (Å²) in [6.07, 6.45) is 7.00. The highest BCUT2D eigenvalue weighted by Crippen LogP contribution is 2.41. The fourth-order valence-electron chi connectivity index (χ4n) is 5.46. The Balaban J connectivity index is 1.82. The van der Waals surface area contributed by atoms with Gasteiger partial charge in [0.25, 0.3) is 0 Å². The summed E-state index contributed by atoms with van der Waals surface area (Å²) in [7, 11) is 0. The molecule has 0 bridgehead atoms. The molecule has 3 atom stereocenters. The van der Waals surface area contributed by atoms with Crippen LogP contribution in [0.1, 0.15) is 75.6 Å². The van der Waals surface area contributed by atoms with Crippen LogP contribution < -0.4 is 11.5 Å². The number of primary amides is 1. The molecule has 1 saturated carbocycles. The summed E-state index contributed by atoms with van der Waals surface area (Å²) in [5.41, 5.74) is 18.3. The van der Waals surface area contributed by atoms with Crippen LogP contribution in [0.25, 0.3) is 22.2 Å². The number of pyridine rings is 1. The van der Waals surface area contributed by atoms with Crippen molar-refractivity contribution >= 4 is 16.8 Å². The number of benzene rings is 1. The molecule has 1 aliphatic rings. The lowest BCUT2D eigenvalue weighted by atomic mass is 9.69. The molecule has 5 heteroatoms. The second-order valence-corrected chi connectivity index (χ2v) is 10.1. The van der Waals surface area contributed by atoms with Crippen LogP contribution in [-0.2, 0) is 10.2 Å². The Kier molecular flexibility index (Phi) is 6.13. The Morgan fingerprint density at radius 1 is 1.22 bits per heavy atom. The van der Waals surface area contributed by atoms with Gasteiger partial charge in [-0.05, 0) is 80.3 Å². The molecule has 1 amide bonds. The number of amides is 1. The van der Waals surface area contributed by atoms with Crippen LogP contribution in [0.2, 0.25) is 0 Å². The number of nitrogens with two attached hydrogens (primary N) is 2. The smallest absolute Gasteiger partial charge is 0.227 e. The molecule has 0 saturated heterocycles. The fourth-order valence-corrected chi connectivity index (χ4v) is 5.46. The average Bonchev–Trinajstić information content (AvgIpc) is 3.14. The molecule has 2 heterocycles. The van der Waals surface area contributed by atoms with Gasteiger partial charge < -0.3 is 16.5 Å². The van der Waals surface area contributed by atoms with Gasteiger partial charge in [0, 0.05) is 34.4 Å². The van der Waals surface area contributed by atoms with Gasteiger partial charge in [0.2, 0.25) is 5.91 Å². The first-order valence-electron chi connectivity index (χ1n) is 11.9. The van der Waals surface area contributed by atoms with Crippen molar-refractivity contribution in [2.45, 2.75) is 77.2 Å². The zero-order valence-corrected chi connectivity index (χ0v) is 19.7. The van der Waals surface area contributed by atoms with E-state index in [0.717, 1.165) is 46.3 Å². The Labute approximate surface area is 191 Å². The van der Waals surface area contributed by atoms with Crippen LogP contribution in [0.5, 0.6) is 0 Å². The van der Waals surface area contributed by atoms with E-state index in [1.807, 2.05) is 26.1 Å².